The second-order valence-corrected chi connectivity index (χ2v) is 6.17. The van der Waals surface area contributed by atoms with Gasteiger partial charge in [0.1, 0.15) is 17.8 Å². The van der Waals surface area contributed by atoms with Crippen molar-refractivity contribution in [1.29, 1.82) is 5.26 Å². The molecule has 0 bridgehead atoms. The first-order valence-electron chi connectivity index (χ1n) is 8.54. The lowest BCUT2D eigenvalue weighted by Gasteiger charge is -2.31. The van der Waals surface area contributed by atoms with E-state index in [1.54, 1.807) is 32.2 Å². The number of nitriles is 1. The SMILES string of the molecule is CCOC(=O)C1C(C)=Nc2nc3ncncc3n2C1c1ccc(C#N)cc1. The van der Waals surface area contributed by atoms with Crippen LogP contribution >= 0.6 is 0 Å². The third-order valence-electron chi connectivity index (χ3n) is 4.60. The fourth-order valence-electron chi connectivity index (χ4n) is 3.41. The molecule has 8 nitrogen and oxygen atoms in total. The number of carbonyl (C=O) groups is 1. The molecule has 0 amide bonds. The number of aliphatic imine (C=N–C) groups is 1. The summed E-state index contributed by atoms with van der Waals surface area (Å²) in [4.78, 5) is 30.1. The normalized spacial score (nSPS) is 18.5. The first-order chi connectivity index (χ1) is 13.1. The van der Waals surface area contributed by atoms with Crippen LogP contribution in [0.1, 0.15) is 31.0 Å². The third-order valence-corrected chi connectivity index (χ3v) is 4.60. The molecule has 8 heteroatoms. The molecule has 0 aliphatic carbocycles. The maximum absolute atomic E-state index is 12.8. The van der Waals surface area contributed by atoms with Crippen molar-refractivity contribution in [2.24, 2.45) is 10.9 Å². The summed E-state index contributed by atoms with van der Waals surface area (Å²) >= 11 is 0. The number of benzene rings is 1. The Bertz CT molecular complexity index is 1090. The van der Waals surface area contributed by atoms with Crippen LogP contribution in [0.25, 0.3) is 11.2 Å². The lowest BCUT2D eigenvalue weighted by atomic mass is 9.87. The van der Waals surface area contributed by atoms with Crippen molar-refractivity contribution in [2.45, 2.75) is 19.9 Å². The van der Waals surface area contributed by atoms with E-state index in [1.165, 1.54) is 6.33 Å². The van der Waals surface area contributed by atoms with Crippen molar-refractivity contribution in [3.8, 4) is 6.07 Å². The van der Waals surface area contributed by atoms with E-state index in [2.05, 4.69) is 26.0 Å². The van der Waals surface area contributed by atoms with E-state index in [0.717, 1.165) is 5.56 Å². The summed E-state index contributed by atoms with van der Waals surface area (Å²) in [6.45, 7) is 3.85. The highest BCUT2D eigenvalue weighted by atomic mass is 16.5. The largest absolute Gasteiger partial charge is 0.465 e. The molecule has 2 atom stereocenters. The molecule has 0 saturated carbocycles. The number of aromatic nitrogens is 4. The molecular weight excluding hydrogens is 344 g/mol. The number of rotatable bonds is 3. The minimum atomic E-state index is -0.608. The average molecular weight is 360 g/mol. The highest BCUT2D eigenvalue weighted by molar-refractivity contribution is 6.04. The zero-order valence-electron chi connectivity index (χ0n) is 14.8. The molecule has 2 aromatic heterocycles. The van der Waals surface area contributed by atoms with E-state index in [9.17, 15) is 4.79 Å². The molecule has 3 aromatic rings. The summed E-state index contributed by atoms with van der Waals surface area (Å²) in [6, 6.07) is 8.83. The molecule has 4 rings (SSSR count). The number of imidazole rings is 1. The number of fused-ring (bicyclic) bond motifs is 3. The Balaban J connectivity index is 1.95. The van der Waals surface area contributed by atoms with Crippen LogP contribution in [0.3, 0.4) is 0 Å². The highest BCUT2D eigenvalue weighted by Gasteiger charge is 2.40. The van der Waals surface area contributed by atoms with Crippen molar-refractivity contribution in [1.82, 2.24) is 19.5 Å². The Kier molecular flexibility index (Phi) is 4.12. The molecule has 3 heterocycles. The van der Waals surface area contributed by atoms with Gasteiger partial charge in [-0.05, 0) is 31.5 Å². The van der Waals surface area contributed by atoms with Crippen LogP contribution in [0.4, 0.5) is 5.95 Å². The summed E-state index contributed by atoms with van der Waals surface area (Å²) in [6.07, 6.45) is 3.09. The molecule has 1 aliphatic rings. The van der Waals surface area contributed by atoms with Crippen LogP contribution in [0, 0.1) is 17.2 Å². The van der Waals surface area contributed by atoms with Gasteiger partial charge in [-0.15, -0.1) is 0 Å². The van der Waals surface area contributed by atoms with Gasteiger partial charge in [0.2, 0.25) is 5.95 Å². The fourth-order valence-corrected chi connectivity index (χ4v) is 3.41. The van der Waals surface area contributed by atoms with Crippen molar-refractivity contribution >= 4 is 28.8 Å². The maximum Gasteiger partial charge on any atom is 0.317 e. The Morgan fingerprint density at radius 1 is 1.33 bits per heavy atom. The predicted octanol–water partition coefficient (Wildman–Crippen LogP) is 2.57. The predicted molar refractivity (Wildman–Crippen MR) is 97.5 cm³/mol. The van der Waals surface area contributed by atoms with Gasteiger partial charge < -0.3 is 4.74 Å². The average Bonchev–Trinajstić information content (AvgIpc) is 3.05. The van der Waals surface area contributed by atoms with Gasteiger partial charge in [-0.25, -0.2) is 15.0 Å². The van der Waals surface area contributed by atoms with Gasteiger partial charge in [0.25, 0.3) is 0 Å². The minimum Gasteiger partial charge on any atom is -0.465 e. The van der Waals surface area contributed by atoms with Crippen LogP contribution in [-0.4, -0.2) is 37.8 Å². The maximum atomic E-state index is 12.8. The lowest BCUT2D eigenvalue weighted by Crippen LogP contribution is -2.36. The molecule has 0 fully saturated rings. The summed E-state index contributed by atoms with van der Waals surface area (Å²) in [5.41, 5.74) is 3.23. The lowest BCUT2D eigenvalue weighted by molar-refractivity contribution is -0.146. The molecule has 2 unspecified atom stereocenters. The third kappa shape index (κ3) is 2.73. The Morgan fingerprint density at radius 2 is 2.11 bits per heavy atom. The van der Waals surface area contributed by atoms with Crippen LogP contribution in [0.15, 0.2) is 41.8 Å². The second-order valence-electron chi connectivity index (χ2n) is 6.17. The van der Waals surface area contributed by atoms with Crippen molar-refractivity contribution in [3.05, 3.63) is 47.9 Å². The molecule has 27 heavy (non-hydrogen) atoms. The number of nitrogens with zero attached hydrogens (tertiary/aromatic N) is 6. The Labute approximate surface area is 155 Å². The van der Waals surface area contributed by atoms with Crippen LogP contribution in [0.5, 0.6) is 0 Å². The quantitative estimate of drug-likeness (QED) is 0.665. The van der Waals surface area contributed by atoms with Crippen molar-refractivity contribution in [2.75, 3.05) is 6.61 Å². The number of hydrogen-bond donors (Lipinski definition) is 0. The van der Waals surface area contributed by atoms with Crippen molar-refractivity contribution < 1.29 is 9.53 Å². The smallest absolute Gasteiger partial charge is 0.317 e. The van der Waals surface area contributed by atoms with Gasteiger partial charge in [-0.3, -0.25) is 9.36 Å². The molecule has 0 spiro atoms. The molecule has 1 aliphatic heterocycles. The summed E-state index contributed by atoms with van der Waals surface area (Å²) in [5, 5.41) is 9.08. The van der Waals surface area contributed by atoms with Crippen LogP contribution in [-0.2, 0) is 9.53 Å². The van der Waals surface area contributed by atoms with E-state index in [0.29, 0.717) is 28.4 Å². The van der Waals surface area contributed by atoms with E-state index >= 15 is 0 Å². The van der Waals surface area contributed by atoms with Gasteiger partial charge in [-0.2, -0.15) is 10.2 Å². The number of carbonyl (C=O) groups excluding carboxylic acids is 1. The first kappa shape index (κ1) is 16.8. The Morgan fingerprint density at radius 3 is 2.81 bits per heavy atom. The van der Waals surface area contributed by atoms with Crippen molar-refractivity contribution in [3.63, 3.8) is 0 Å². The number of hydrogen-bond acceptors (Lipinski definition) is 7. The van der Waals surface area contributed by atoms with E-state index in [1.807, 2.05) is 16.7 Å². The van der Waals surface area contributed by atoms with E-state index < -0.39 is 12.0 Å². The summed E-state index contributed by atoms with van der Waals surface area (Å²) in [5.74, 6) is -0.488. The van der Waals surface area contributed by atoms with Crippen LogP contribution < -0.4 is 0 Å². The first-order valence-corrected chi connectivity index (χ1v) is 8.54. The molecule has 1 aromatic carbocycles. The highest BCUT2D eigenvalue weighted by Crippen LogP contribution is 2.39. The molecule has 0 N–H and O–H groups in total. The van der Waals surface area contributed by atoms with Gasteiger partial charge in [-0.1, -0.05) is 12.1 Å². The second kappa shape index (κ2) is 6.61. The molecule has 134 valence electrons. The van der Waals surface area contributed by atoms with Gasteiger partial charge in [0.15, 0.2) is 5.65 Å². The van der Waals surface area contributed by atoms with E-state index in [-0.39, 0.29) is 12.6 Å². The van der Waals surface area contributed by atoms with Crippen LogP contribution in [0.2, 0.25) is 0 Å². The molecule has 0 saturated heterocycles. The zero-order chi connectivity index (χ0) is 19.0. The van der Waals surface area contributed by atoms with Gasteiger partial charge in [0.05, 0.1) is 30.5 Å². The fraction of sp³-hybridized carbons (Fsp3) is 0.263. The summed E-state index contributed by atoms with van der Waals surface area (Å²) < 4.78 is 7.18. The number of esters is 1. The van der Waals surface area contributed by atoms with Gasteiger partial charge >= 0.3 is 5.97 Å². The monoisotopic (exact) mass is 360 g/mol. The zero-order valence-corrected chi connectivity index (χ0v) is 14.8. The number of ether oxygens (including phenoxy) is 1. The van der Waals surface area contributed by atoms with E-state index in [4.69, 9.17) is 10.00 Å². The molecular formula is C19H16N6O2. The van der Waals surface area contributed by atoms with Gasteiger partial charge in [0, 0.05) is 5.71 Å². The molecule has 0 radical (unpaired) electrons. The Hall–Kier alpha value is -3.60. The summed E-state index contributed by atoms with van der Waals surface area (Å²) in [7, 11) is 0. The minimum absolute atomic E-state index is 0.281. The topological polar surface area (TPSA) is 106 Å². The standard InChI is InChI=1S/C19H16N6O2/c1-3-27-18(26)15-11(2)23-19-24-17-14(9-21-10-22-17)25(19)16(15)13-6-4-12(8-20)5-7-13/h4-7,9-10,15-16H,3H2,1-2H3.